The van der Waals surface area contributed by atoms with Crippen molar-refractivity contribution < 1.29 is 14.2 Å². The molecular weight excluding hydrogens is 276 g/mol. The summed E-state index contributed by atoms with van der Waals surface area (Å²) in [6.07, 6.45) is 6.36. The van der Waals surface area contributed by atoms with Gasteiger partial charge in [-0.25, -0.2) is 0 Å². The van der Waals surface area contributed by atoms with Crippen molar-refractivity contribution in [2.45, 2.75) is 72.3 Å². The third kappa shape index (κ3) is 4.46. The second-order valence-electron chi connectivity index (χ2n) is 8.26. The molecule has 0 atom stereocenters. The predicted octanol–water partition coefficient (Wildman–Crippen LogP) is 4.69. The summed E-state index contributed by atoms with van der Waals surface area (Å²) in [5.41, 5.74) is -0.0705. The van der Waals surface area contributed by atoms with Crippen molar-refractivity contribution in [3.05, 3.63) is 0 Å². The monoisotopic (exact) mass is 314 g/mol. The molecule has 0 aliphatic heterocycles. The maximum Gasteiger partial charge on any atom is 0.0654 e. The van der Waals surface area contributed by atoms with Gasteiger partial charge in [0.15, 0.2) is 0 Å². The SMILES string of the molecule is CCC(C)(C)C(COC)(COC)COC(C)(C)C1CCCC1. The van der Waals surface area contributed by atoms with Crippen LogP contribution in [-0.2, 0) is 14.2 Å². The lowest BCUT2D eigenvalue weighted by Crippen LogP contribution is -2.50. The predicted molar refractivity (Wildman–Crippen MR) is 92.2 cm³/mol. The molecule has 1 fully saturated rings. The fourth-order valence-corrected chi connectivity index (χ4v) is 3.70. The van der Waals surface area contributed by atoms with Gasteiger partial charge in [-0.15, -0.1) is 0 Å². The minimum atomic E-state index is -0.110. The summed E-state index contributed by atoms with van der Waals surface area (Å²) in [5.74, 6) is 0.681. The van der Waals surface area contributed by atoms with Crippen LogP contribution >= 0.6 is 0 Å². The summed E-state index contributed by atoms with van der Waals surface area (Å²) in [7, 11) is 3.55. The molecule has 22 heavy (non-hydrogen) atoms. The quantitative estimate of drug-likeness (QED) is 0.585. The van der Waals surface area contributed by atoms with Crippen molar-refractivity contribution in [1.82, 2.24) is 0 Å². The number of hydrogen-bond donors (Lipinski definition) is 0. The lowest BCUT2D eigenvalue weighted by molar-refractivity contribution is -0.161. The third-order valence-electron chi connectivity index (χ3n) is 6.22. The van der Waals surface area contributed by atoms with E-state index in [1.54, 1.807) is 14.2 Å². The molecule has 3 nitrogen and oxygen atoms in total. The van der Waals surface area contributed by atoms with Crippen LogP contribution in [0.15, 0.2) is 0 Å². The number of ether oxygens (including phenoxy) is 3. The molecule has 1 rings (SSSR count). The van der Waals surface area contributed by atoms with Gasteiger partial charge in [0.25, 0.3) is 0 Å². The third-order valence-corrected chi connectivity index (χ3v) is 6.22. The molecule has 0 N–H and O–H groups in total. The first-order valence-electron chi connectivity index (χ1n) is 8.86. The molecule has 0 aromatic heterocycles. The van der Waals surface area contributed by atoms with E-state index in [1.807, 2.05) is 0 Å². The Kier molecular flexibility index (Phi) is 7.35. The second-order valence-corrected chi connectivity index (χ2v) is 8.26. The van der Waals surface area contributed by atoms with Crippen LogP contribution in [0.2, 0.25) is 0 Å². The van der Waals surface area contributed by atoms with Gasteiger partial charge in [0.1, 0.15) is 0 Å². The summed E-state index contributed by atoms with van der Waals surface area (Å²) in [4.78, 5) is 0. The molecule has 0 amide bonds. The average molecular weight is 315 g/mol. The maximum atomic E-state index is 6.51. The summed E-state index contributed by atoms with van der Waals surface area (Å²) < 4.78 is 17.7. The molecule has 0 bridgehead atoms. The van der Waals surface area contributed by atoms with E-state index in [9.17, 15) is 0 Å². The zero-order valence-electron chi connectivity index (χ0n) is 16.0. The van der Waals surface area contributed by atoms with Crippen LogP contribution in [-0.4, -0.2) is 39.6 Å². The van der Waals surface area contributed by atoms with E-state index in [2.05, 4.69) is 34.6 Å². The van der Waals surface area contributed by atoms with Gasteiger partial charge in [0.05, 0.1) is 25.4 Å². The molecular formula is C19H38O3. The van der Waals surface area contributed by atoms with E-state index in [0.717, 1.165) is 6.42 Å². The highest BCUT2D eigenvalue weighted by molar-refractivity contribution is 4.94. The van der Waals surface area contributed by atoms with Crippen molar-refractivity contribution in [2.75, 3.05) is 34.0 Å². The van der Waals surface area contributed by atoms with Gasteiger partial charge in [-0.1, -0.05) is 40.0 Å². The molecule has 0 aromatic carbocycles. The highest BCUT2D eigenvalue weighted by Gasteiger charge is 2.46. The van der Waals surface area contributed by atoms with E-state index in [-0.39, 0.29) is 16.4 Å². The van der Waals surface area contributed by atoms with Gasteiger partial charge >= 0.3 is 0 Å². The van der Waals surface area contributed by atoms with E-state index in [0.29, 0.717) is 25.7 Å². The van der Waals surface area contributed by atoms with Gasteiger partial charge in [-0.05, 0) is 38.0 Å². The molecule has 0 radical (unpaired) electrons. The molecule has 0 spiro atoms. The summed E-state index contributed by atoms with van der Waals surface area (Å²) in [5, 5.41) is 0. The van der Waals surface area contributed by atoms with Crippen LogP contribution in [0, 0.1) is 16.7 Å². The highest BCUT2D eigenvalue weighted by Crippen LogP contribution is 2.45. The fourth-order valence-electron chi connectivity index (χ4n) is 3.70. The summed E-state index contributed by atoms with van der Waals surface area (Å²) in [6.45, 7) is 13.4. The Morgan fingerprint density at radius 3 is 1.77 bits per heavy atom. The Bertz CT molecular complexity index is 311. The van der Waals surface area contributed by atoms with Gasteiger partial charge < -0.3 is 14.2 Å². The van der Waals surface area contributed by atoms with Crippen LogP contribution in [0.4, 0.5) is 0 Å². The van der Waals surface area contributed by atoms with E-state index in [1.165, 1.54) is 25.7 Å². The Morgan fingerprint density at radius 1 is 0.864 bits per heavy atom. The van der Waals surface area contributed by atoms with Crippen LogP contribution in [0.5, 0.6) is 0 Å². The number of rotatable bonds is 10. The molecule has 0 aromatic rings. The van der Waals surface area contributed by atoms with Gasteiger partial charge in [-0.3, -0.25) is 0 Å². The smallest absolute Gasteiger partial charge is 0.0654 e. The van der Waals surface area contributed by atoms with E-state index >= 15 is 0 Å². The number of hydrogen-bond acceptors (Lipinski definition) is 3. The topological polar surface area (TPSA) is 27.7 Å². The van der Waals surface area contributed by atoms with Crippen LogP contribution < -0.4 is 0 Å². The minimum absolute atomic E-state index is 0.0624. The summed E-state index contributed by atoms with van der Waals surface area (Å²) >= 11 is 0. The Balaban J connectivity index is 2.87. The molecule has 1 aliphatic rings. The molecule has 0 unspecified atom stereocenters. The fraction of sp³-hybridized carbons (Fsp3) is 1.00. The zero-order valence-corrected chi connectivity index (χ0v) is 16.0. The lowest BCUT2D eigenvalue weighted by atomic mass is 9.65. The number of methoxy groups -OCH3 is 2. The van der Waals surface area contributed by atoms with Crippen molar-refractivity contribution in [2.24, 2.45) is 16.7 Å². The first-order valence-corrected chi connectivity index (χ1v) is 8.86. The molecule has 132 valence electrons. The first kappa shape index (κ1) is 19.9. The molecule has 0 heterocycles. The van der Waals surface area contributed by atoms with Crippen LogP contribution in [0.25, 0.3) is 0 Å². The molecule has 1 saturated carbocycles. The van der Waals surface area contributed by atoms with Crippen LogP contribution in [0.3, 0.4) is 0 Å². The first-order chi connectivity index (χ1) is 10.2. The van der Waals surface area contributed by atoms with Crippen molar-refractivity contribution in [1.29, 1.82) is 0 Å². The molecule has 3 heteroatoms. The standard InChI is InChI=1S/C19H38O3/c1-8-17(2,3)19(13-20-6,14-21-7)15-22-18(4,5)16-11-9-10-12-16/h16H,8-15H2,1-7H3. The average Bonchev–Trinajstić information content (AvgIpc) is 3.00. The Labute approximate surface area is 138 Å². The maximum absolute atomic E-state index is 6.51. The van der Waals surface area contributed by atoms with Gasteiger partial charge in [0, 0.05) is 19.6 Å². The largest absolute Gasteiger partial charge is 0.384 e. The lowest BCUT2D eigenvalue weighted by Gasteiger charge is -2.47. The van der Waals surface area contributed by atoms with Crippen molar-refractivity contribution in [3.63, 3.8) is 0 Å². The van der Waals surface area contributed by atoms with Gasteiger partial charge in [-0.2, -0.15) is 0 Å². The van der Waals surface area contributed by atoms with Crippen molar-refractivity contribution >= 4 is 0 Å². The Morgan fingerprint density at radius 2 is 1.36 bits per heavy atom. The second kappa shape index (κ2) is 8.12. The Hall–Kier alpha value is -0.120. The summed E-state index contributed by atoms with van der Waals surface area (Å²) in [6, 6.07) is 0. The minimum Gasteiger partial charge on any atom is -0.384 e. The highest BCUT2D eigenvalue weighted by atomic mass is 16.5. The zero-order chi connectivity index (χ0) is 16.9. The molecule has 0 saturated heterocycles. The molecule has 1 aliphatic carbocycles. The normalized spacial score (nSPS) is 18.1. The van der Waals surface area contributed by atoms with E-state index in [4.69, 9.17) is 14.2 Å². The van der Waals surface area contributed by atoms with Crippen molar-refractivity contribution in [3.8, 4) is 0 Å². The van der Waals surface area contributed by atoms with E-state index < -0.39 is 0 Å². The van der Waals surface area contributed by atoms with Gasteiger partial charge in [0.2, 0.25) is 0 Å². The van der Waals surface area contributed by atoms with Crippen LogP contribution in [0.1, 0.15) is 66.7 Å².